The molecule has 6 heteroatoms. The van der Waals surface area contributed by atoms with Crippen molar-refractivity contribution >= 4 is 33.0 Å². The van der Waals surface area contributed by atoms with Crippen LogP contribution in [0.15, 0.2) is 17.0 Å². The standard InChI is InChI=1S/C9H7Cl2NO2S/c1-15(13,14)6-4-8(10)7(2-3-12)9(11)5-6/h4-5H,2H2,1H3. The van der Waals surface area contributed by atoms with Crippen molar-refractivity contribution in [2.75, 3.05) is 6.26 Å². The van der Waals surface area contributed by atoms with Gasteiger partial charge in [0.15, 0.2) is 9.84 Å². The van der Waals surface area contributed by atoms with Crippen LogP contribution >= 0.6 is 23.2 Å². The Balaban J connectivity index is 3.40. The first-order valence-corrected chi connectivity index (χ1v) is 6.56. The van der Waals surface area contributed by atoms with Gasteiger partial charge in [-0.2, -0.15) is 5.26 Å². The lowest BCUT2D eigenvalue weighted by Crippen LogP contribution is -1.98. The minimum atomic E-state index is -3.33. The fourth-order valence-corrected chi connectivity index (χ4v) is 2.46. The molecule has 0 heterocycles. The molecule has 0 radical (unpaired) electrons. The molecule has 0 aliphatic heterocycles. The van der Waals surface area contributed by atoms with Gasteiger partial charge in [-0.15, -0.1) is 0 Å². The number of nitrogens with zero attached hydrogens (tertiary/aromatic N) is 1. The predicted molar refractivity (Wildman–Crippen MR) is 58.9 cm³/mol. The van der Waals surface area contributed by atoms with Crippen LogP contribution < -0.4 is 0 Å². The highest BCUT2D eigenvalue weighted by Crippen LogP contribution is 2.28. The van der Waals surface area contributed by atoms with Gasteiger partial charge in [0, 0.05) is 21.9 Å². The van der Waals surface area contributed by atoms with Gasteiger partial charge in [-0.1, -0.05) is 23.2 Å². The van der Waals surface area contributed by atoms with Gasteiger partial charge in [0.1, 0.15) is 0 Å². The summed E-state index contributed by atoms with van der Waals surface area (Å²) in [5.41, 5.74) is 0.452. The van der Waals surface area contributed by atoms with E-state index in [1.54, 1.807) is 0 Å². The molecule has 0 saturated heterocycles. The van der Waals surface area contributed by atoms with Crippen LogP contribution in [0.3, 0.4) is 0 Å². The molecule has 0 atom stereocenters. The van der Waals surface area contributed by atoms with Crippen LogP contribution in [-0.2, 0) is 16.3 Å². The Hall–Kier alpha value is -0.760. The highest BCUT2D eigenvalue weighted by atomic mass is 35.5. The number of benzene rings is 1. The van der Waals surface area contributed by atoms with E-state index in [9.17, 15) is 8.42 Å². The number of nitriles is 1. The molecule has 1 aromatic rings. The topological polar surface area (TPSA) is 57.9 Å². The summed E-state index contributed by atoms with van der Waals surface area (Å²) in [5.74, 6) is 0. The summed E-state index contributed by atoms with van der Waals surface area (Å²) in [4.78, 5) is 0.0548. The van der Waals surface area contributed by atoms with Gasteiger partial charge in [0.05, 0.1) is 17.4 Å². The molecular formula is C9H7Cl2NO2S. The van der Waals surface area contributed by atoms with E-state index in [1.807, 2.05) is 6.07 Å². The molecule has 0 aliphatic carbocycles. The first-order valence-electron chi connectivity index (χ1n) is 3.91. The van der Waals surface area contributed by atoms with E-state index >= 15 is 0 Å². The molecule has 1 aromatic carbocycles. The van der Waals surface area contributed by atoms with E-state index in [4.69, 9.17) is 28.5 Å². The van der Waals surface area contributed by atoms with Gasteiger partial charge in [0.25, 0.3) is 0 Å². The average Bonchev–Trinajstić information content (AvgIpc) is 2.09. The van der Waals surface area contributed by atoms with E-state index in [2.05, 4.69) is 0 Å². The predicted octanol–water partition coefficient (Wildman–Crippen LogP) is 2.46. The van der Waals surface area contributed by atoms with Crippen molar-refractivity contribution in [2.24, 2.45) is 0 Å². The number of hydrogen-bond donors (Lipinski definition) is 0. The second kappa shape index (κ2) is 4.40. The van der Waals surface area contributed by atoms with Gasteiger partial charge >= 0.3 is 0 Å². The van der Waals surface area contributed by atoms with E-state index in [1.165, 1.54) is 12.1 Å². The molecule has 0 fully saturated rings. The van der Waals surface area contributed by atoms with Crippen molar-refractivity contribution in [1.29, 1.82) is 5.26 Å². The fraction of sp³-hybridized carbons (Fsp3) is 0.222. The monoisotopic (exact) mass is 263 g/mol. The van der Waals surface area contributed by atoms with Crippen molar-refractivity contribution in [3.8, 4) is 6.07 Å². The smallest absolute Gasteiger partial charge is 0.175 e. The highest BCUT2D eigenvalue weighted by molar-refractivity contribution is 7.90. The average molecular weight is 264 g/mol. The molecule has 3 nitrogen and oxygen atoms in total. The third kappa shape index (κ3) is 2.85. The second-order valence-corrected chi connectivity index (χ2v) is 5.80. The molecule has 0 spiro atoms. The Morgan fingerprint density at radius 2 is 1.80 bits per heavy atom. The number of halogens is 2. The third-order valence-corrected chi connectivity index (χ3v) is 3.57. The maximum Gasteiger partial charge on any atom is 0.175 e. The Morgan fingerprint density at radius 1 is 1.33 bits per heavy atom. The summed E-state index contributed by atoms with van der Waals surface area (Å²) in [5, 5.41) is 8.91. The van der Waals surface area contributed by atoms with Crippen LogP contribution in [0.25, 0.3) is 0 Å². The van der Waals surface area contributed by atoms with Gasteiger partial charge < -0.3 is 0 Å². The molecule has 0 aromatic heterocycles. The Kier molecular flexibility index (Phi) is 3.61. The summed E-state index contributed by atoms with van der Waals surface area (Å²) in [6.07, 6.45) is 1.13. The quantitative estimate of drug-likeness (QED) is 0.824. The summed E-state index contributed by atoms with van der Waals surface area (Å²) in [7, 11) is -3.33. The number of hydrogen-bond acceptors (Lipinski definition) is 3. The van der Waals surface area contributed by atoms with Crippen molar-refractivity contribution in [1.82, 2.24) is 0 Å². The van der Waals surface area contributed by atoms with Crippen LogP contribution in [0.2, 0.25) is 10.0 Å². The van der Waals surface area contributed by atoms with Gasteiger partial charge in [0.2, 0.25) is 0 Å². The van der Waals surface area contributed by atoms with Gasteiger partial charge in [-0.25, -0.2) is 8.42 Å². The summed E-state index contributed by atoms with van der Waals surface area (Å²) >= 11 is 11.6. The van der Waals surface area contributed by atoms with Crippen LogP contribution in [0, 0.1) is 11.3 Å². The zero-order valence-electron chi connectivity index (χ0n) is 7.79. The number of rotatable bonds is 2. The molecule has 0 saturated carbocycles. The second-order valence-electron chi connectivity index (χ2n) is 2.97. The Bertz CT molecular complexity index is 509. The molecule has 0 N–H and O–H groups in total. The molecule has 0 unspecified atom stereocenters. The fourth-order valence-electron chi connectivity index (χ4n) is 1.04. The van der Waals surface area contributed by atoms with Crippen LogP contribution in [0.5, 0.6) is 0 Å². The van der Waals surface area contributed by atoms with Crippen molar-refractivity contribution < 1.29 is 8.42 Å². The molecule has 15 heavy (non-hydrogen) atoms. The lowest BCUT2D eigenvalue weighted by Gasteiger charge is -2.05. The van der Waals surface area contributed by atoms with E-state index in [-0.39, 0.29) is 21.4 Å². The third-order valence-electron chi connectivity index (χ3n) is 1.80. The Labute approximate surface area is 98.2 Å². The van der Waals surface area contributed by atoms with Crippen molar-refractivity contribution in [3.05, 3.63) is 27.7 Å². The van der Waals surface area contributed by atoms with Gasteiger partial charge in [-0.3, -0.25) is 0 Å². The summed E-state index contributed by atoms with van der Waals surface area (Å²) in [6, 6.07) is 4.51. The van der Waals surface area contributed by atoms with Crippen LogP contribution in [-0.4, -0.2) is 14.7 Å². The maximum atomic E-state index is 11.2. The first-order chi connectivity index (χ1) is 6.86. The van der Waals surface area contributed by atoms with Gasteiger partial charge in [-0.05, 0) is 12.1 Å². The molecule has 0 bridgehead atoms. The molecule has 0 amide bonds. The highest BCUT2D eigenvalue weighted by Gasteiger charge is 2.13. The summed E-state index contributed by atoms with van der Waals surface area (Å²) in [6.45, 7) is 0. The molecule has 0 aliphatic rings. The minimum absolute atomic E-state index is 0.0548. The van der Waals surface area contributed by atoms with E-state index in [0.29, 0.717) is 5.56 Å². The first kappa shape index (κ1) is 12.3. The minimum Gasteiger partial charge on any atom is -0.224 e. The normalized spacial score (nSPS) is 11.1. The SMILES string of the molecule is CS(=O)(=O)c1cc(Cl)c(CC#N)c(Cl)c1. The van der Waals surface area contributed by atoms with E-state index < -0.39 is 9.84 Å². The van der Waals surface area contributed by atoms with E-state index in [0.717, 1.165) is 6.26 Å². The van der Waals surface area contributed by atoms with Crippen molar-refractivity contribution in [2.45, 2.75) is 11.3 Å². The maximum absolute atomic E-state index is 11.2. The molecule has 80 valence electrons. The largest absolute Gasteiger partial charge is 0.224 e. The van der Waals surface area contributed by atoms with Crippen LogP contribution in [0.1, 0.15) is 5.56 Å². The zero-order chi connectivity index (χ0) is 11.6. The zero-order valence-corrected chi connectivity index (χ0v) is 10.1. The lowest BCUT2D eigenvalue weighted by molar-refractivity contribution is 0.602. The molecular weight excluding hydrogens is 257 g/mol. The van der Waals surface area contributed by atoms with Crippen LogP contribution in [0.4, 0.5) is 0 Å². The summed E-state index contributed by atoms with van der Waals surface area (Å²) < 4.78 is 22.4. The Morgan fingerprint density at radius 3 is 2.13 bits per heavy atom. The molecule has 1 rings (SSSR count). The van der Waals surface area contributed by atoms with Crippen molar-refractivity contribution in [3.63, 3.8) is 0 Å². The lowest BCUT2D eigenvalue weighted by atomic mass is 10.2. The number of sulfone groups is 1.